The monoisotopic (exact) mass is 476 g/mol. The molecule has 0 saturated carbocycles. The van der Waals surface area contributed by atoms with Crippen LogP contribution in [0.4, 0.5) is 17.6 Å². The molecule has 0 radical (unpaired) electrons. The molecule has 11 nitrogen and oxygen atoms in total. The first-order valence-electron chi connectivity index (χ1n) is 10.9. The molecule has 1 aromatic heterocycles. The maximum Gasteiger partial charge on any atom is 0.306 e. The smallest absolute Gasteiger partial charge is 0.306 e. The molecule has 35 heavy (non-hydrogen) atoms. The summed E-state index contributed by atoms with van der Waals surface area (Å²) >= 11 is 0. The number of anilines is 3. The lowest BCUT2D eigenvalue weighted by Crippen LogP contribution is -2.31. The van der Waals surface area contributed by atoms with E-state index in [0.29, 0.717) is 22.6 Å². The SMILES string of the molecule is COc1ccccc1Nc1nc(N)nc(COC(=O)CCCN2C(=O)c3ccc(C)cc3C2=O)n1. The second-order valence-electron chi connectivity index (χ2n) is 7.83. The van der Waals surface area contributed by atoms with Gasteiger partial charge in [0.2, 0.25) is 11.9 Å². The van der Waals surface area contributed by atoms with E-state index in [-0.39, 0.29) is 55.5 Å². The summed E-state index contributed by atoms with van der Waals surface area (Å²) in [5.41, 5.74) is 8.07. The van der Waals surface area contributed by atoms with Gasteiger partial charge >= 0.3 is 5.97 Å². The van der Waals surface area contributed by atoms with Crippen molar-refractivity contribution in [2.24, 2.45) is 0 Å². The molecule has 1 aliphatic heterocycles. The zero-order valence-electron chi connectivity index (χ0n) is 19.3. The molecule has 11 heteroatoms. The van der Waals surface area contributed by atoms with Crippen LogP contribution in [0.5, 0.6) is 5.75 Å². The van der Waals surface area contributed by atoms with Gasteiger partial charge in [0.05, 0.1) is 23.9 Å². The predicted molar refractivity (Wildman–Crippen MR) is 126 cm³/mol. The van der Waals surface area contributed by atoms with Gasteiger partial charge in [-0.05, 0) is 37.6 Å². The lowest BCUT2D eigenvalue weighted by atomic mass is 10.1. The average Bonchev–Trinajstić information content (AvgIpc) is 3.07. The molecule has 0 atom stereocenters. The van der Waals surface area contributed by atoms with Gasteiger partial charge in [-0.3, -0.25) is 19.3 Å². The fourth-order valence-electron chi connectivity index (χ4n) is 3.63. The van der Waals surface area contributed by atoms with Gasteiger partial charge in [0, 0.05) is 13.0 Å². The molecule has 4 rings (SSSR count). The molecule has 0 bridgehead atoms. The van der Waals surface area contributed by atoms with Crippen LogP contribution in [0.15, 0.2) is 42.5 Å². The molecule has 2 aromatic carbocycles. The number of rotatable bonds is 9. The molecule has 0 saturated heterocycles. The molecule has 0 aliphatic carbocycles. The average molecular weight is 476 g/mol. The molecular formula is C24H24N6O5. The third-order valence-corrected chi connectivity index (χ3v) is 5.30. The number of aryl methyl sites for hydroxylation is 1. The number of ether oxygens (including phenoxy) is 2. The van der Waals surface area contributed by atoms with E-state index in [0.717, 1.165) is 10.5 Å². The maximum atomic E-state index is 12.5. The number of aromatic nitrogens is 3. The molecule has 1 aliphatic rings. The van der Waals surface area contributed by atoms with Crippen molar-refractivity contribution >= 4 is 35.4 Å². The summed E-state index contributed by atoms with van der Waals surface area (Å²) in [6, 6.07) is 12.3. The van der Waals surface area contributed by atoms with Crippen molar-refractivity contribution in [1.29, 1.82) is 0 Å². The molecule has 180 valence electrons. The van der Waals surface area contributed by atoms with Crippen LogP contribution in [0.25, 0.3) is 0 Å². The molecule has 0 spiro atoms. The highest BCUT2D eigenvalue weighted by Crippen LogP contribution is 2.26. The number of carbonyl (C=O) groups is 3. The number of nitrogens with one attached hydrogen (secondary N) is 1. The van der Waals surface area contributed by atoms with Crippen LogP contribution in [0, 0.1) is 6.92 Å². The molecular weight excluding hydrogens is 452 g/mol. The Bertz CT molecular complexity index is 1300. The van der Waals surface area contributed by atoms with Crippen LogP contribution < -0.4 is 15.8 Å². The van der Waals surface area contributed by atoms with Crippen LogP contribution in [0.2, 0.25) is 0 Å². The number of esters is 1. The zero-order chi connectivity index (χ0) is 24.9. The predicted octanol–water partition coefficient (Wildman–Crippen LogP) is 2.63. The second-order valence-corrected chi connectivity index (χ2v) is 7.83. The molecule has 2 amide bonds. The number of nitrogens with two attached hydrogens (primary N) is 1. The molecule has 2 heterocycles. The Hall–Kier alpha value is -4.54. The van der Waals surface area contributed by atoms with E-state index in [1.165, 1.54) is 0 Å². The molecule has 0 fully saturated rings. The summed E-state index contributed by atoms with van der Waals surface area (Å²) in [7, 11) is 1.54. The summed E-state index contributed by atoms with van der Waals surface area (Å²) < 4.78 is 10.5. The van der Waals surface area contributed by atoms with Crippen LogP contribution in [-0.4, -0.2) is 51.3 Å². The van der Waals surface area contributed by atoms with E-state index in [4.69, 9.17) is 15.2 Å². The topological polar surface area (TPSA) is 150 Å². The number of hydrogen-bond donors (Lipinski definition) is 2. The number of benzene rings is 2. The zero-order valence-corrected chi connectivity index (χ0v) is 19.3. The standard InChI is InChI=1S/C24H24N6O5/c1-14-9-10-15-16(12-14)22(33)30(21(15)32)11-5-8-20(31)35-13-19-27-23(25)29-24(28-19)26-17-6-3-4-7-18(17)34-2/h3-4,6-7,9-10,12H,5,8,11,13H2,1-2H3,(H3,25,26,27,28,29). The van der Waals surface area contributed by atoms with E-state index in [1.807, 2.05) is 19.1 Å². The Labute approximate surface area is 201 Å². The number of imide groups is 1. The first-order valence-corrected chi connectivity index (χ1v) is 10.9. The van der Waals surface area contributed by atoms with Crippen molar-refractivity contribution < 1.29 is 23.9 Å². The van der Waals surface area contributed by atoms with Gasteiger partial charge in [0.15, 0.2) is 12.4 Å². The summed E-state index contributed by atoms with van der Waals surface area (Å²) in [4.78, 5) is 50.6. The van der Waals surface area contributed by atoms with Gasteiger partial charge in [0.25, 0.3) is 11.8 Å². The Morgan fingerprint density at radius 1 is 1.06 bits per heavy atom. The molecule has 3 N–H and O–H groups in total. The number of para-hydroxylation sites is 2. The van der Waals surface area contributed by atoms with E-state index in [2.05, 4.69) is 20.3 Å². The quantitative estimate of drug-likeness (QED) is 0.348. The third kappa shape index (κ3) is 5.35. The van der Waals surface area contributed by atoms with E-state index in [9.17, 15) is 14.4 Å². The van der Waals surface area contributed by atoms with Crippen molar-refractivity contribution in [2.75, 3.05) is 24.7 Å². The van der Waals surface area contributed by atoms with Crippen molar-refractivity contribution in [3.8, 4) is 5.75 Å². The number of fused-ring (bicyclic) bond motifs is 1. The highest BCUT2D eigenvalue weighted by Gasteiger charge is 2.35. The first kappa shape index (κ1) is 23.6. The highest BCUT2D eigenvalue weighted by molar-refractivity contribution is 6.21. The number of amides is 2. The van der Waals surface area contributed by atoms with Crippen LogP contribution in [0.3, 0.4) is 0 Å². The highest BCUT2D eigenvalue weighted by atomic mass is 16.5. The Morgan fingerprint density at radius 2 is 1.83 bits per heavy atom. The minimum Gasteiger partial charge on any atom is -0.495 e. The Kier molecular flexibility index (Phi) is 6.86. The van der Waals surface area contributed by atoms with Gasteiger partial charge in [0.1, 0.15) is 5.75 Å². The van der Waals surface area contributed by atoms with Crippen LogP contribution in [0.1, 0.15) is 44.9 Å². The third-order valence-electron chi connectivity index (χ3n) is 5.30. The van der Waals surface area contributed by atoms with Gasteiger partial charge in [-0.15, -0.1) is 0 Å². The van der Waals surface area contributed by atoms with Gasteiger partial charge < -0.3 is 20.5 Å². The van der Waals surface area contributed by atoms with Gasteiger partial charge in [-0.1, -0.05) is 23.8 Å². The number of hydrogen-bond acceptors (Lipinski definition) is 10. The largest absolute Gasteiger partial charge is 0.495 e. The minimum atomic E-state index is -0.518. The second kappa shape index (κ2) is 10.2. The number of nitrogen functional groups attached to an aromatic ring is 1. The summed E-state index contributed by atoms with van der Waals surface area (Å²) in [6.45, 7) is 1.76. The lowest BCUT2D eigenvalue weighted by Gasteiger charge is -2.13. The number of methoxy groups -OCH3 is 1. The molecule has 0 unspecified atom stereocenters. The Balaban J connectivity index is 1.29. The van der Waals surface area contributed by atoms with Gasteiger partial charge in [-0.2, -0.15) is 15.0 Å². The van der Waals surface area contributed by atoms with Crippen molar-refractivity contribution in [2.45, 2.75) is 26.4 Å². The summed E-state index contributed by atoms with van der Waals surface area (Å²) in [5.74, 6) is -0.326. The fourth-order valence-corrected chi connectivity index (χ4v) is 3.63. The van der Waals surface area contributed by atoms with Crippen molar-refractivity contribution in [1.82, 2.24) is 19.9 Å². The lowest BCUT2D eigenvalue weighted by molar-refractivity contribution is -0.145. The number of nitrogens with zero attached hydrogens (tertiary/aromatic N) is 4. The van der Waals surface area contributed by atoms with E-state index >= 15 is 0 Å². The van der Waals surface area contributed by atoms with Gasteiger partial charge in [-0.25, -0.2) is 0 Å². The van der Waals surface area contributed by atoms with Crippen LogP contribution >= 0.6 is 0 Å². The minimum absolute atomic E-state index is 0.0132. The van der Waals surface area contributed by atoms with Crippen molar-refractivity contribution in [3.05, 3.63) is 65.0 Å². The maximum absolute atomic E-state index is 12.5. The molecule has 3 aromatic rings. The van der Waals surface area contributed by atoms with E-state index in [1.54, 1.807) is 37.4 Å². The van der Waals surface area contributed by atoms with E-state index < -0.39 is 5.97 Å². The summed E-state index contributed by atoms with van der Waals surface area (Å²) in [5, 5.41) is 3.00. The number of carbonyl (C=O) groups excluding carboxylic acids is 3. The van der Waals surface area contributed by atoms with Crippen molar-refractivity contribution in [3.63, 3.8) is 0 Å². The normalized spacial score (nSPS) is 12.5. The first-order chi connectivity index (χ1) is 16.9. The van der Waals surface area contributed by atoms with Crippen LogP contribution in [-0.2, 0) is 16.1 Å². The Morgan fingerprint density at radius 3 is 2.63 bits per heavy atom. The fraction of sp³-hybridized carbons (Fsp3) is 0.250. The summed E-state index contributed by atoms with van der Waals surface area (Å²) in [6.07, 6.45) is 0.280.